The third-order valence-electron chi connectivity index (χ3n) is 3.45. The van der Waals surface area contributed by atoms with Crippen molar-refractivity contribution in [3.63, 3.8) is 0 Å². The van der Waals surface area contributed by atoms with Crippen LogP contribution in [0.2, 0.25) is 0 Å². The fourth-order valence-corrected chi connectivity index (χ4v) is 2.12. The summed E-state index contributed by atoms with van der Waals surface area (Å²) in [7, 11) is 1.59. The molecule has 0 saturated carbocycles. The Morgan fingerprint density at radius 3 is 2.64 bits per heavy atom. The molecule has 0 unspecified atom stereocenters. The molecule has 3 N–H and O–H groups in total. The molecular weight excluding hydrogens is 320 g/mol. The molecular formula is C18H24N4O3. The molecule has 0 spiro atoms. The number of aromatic nitrogens is 2. The van der Waals surface area contributed by atoms with E-state index in [1.54, 1.807) is 7.11 Å². The van der Waals surface area contributed by atoms with Crippen molar-refractivity contribution < 1.29 is 14.3 Å². The van der Waals surface area contributed by atoms with Crippen molar-refractivity contribution in [3.05, 3.63) is 47.5 Å². The minimum Gasteiger partial charge on any atom is -0.497 e. The van der Waals surface area contributed by atoms with Crippen molar-refractivity contribution in [2.45, 2.75) is 27.3 Å². The van der Waals surface area contributed by atoms with Crippen LogP contribution in [0.1, 0.15) is 47.3 Å². The molecule has 7 nitrogen and oxygen atoms in total. The van der Waals surface area contributed by atoms with Crippen molar-refractivity contribution in [2.75, 3.05) is 13.7 Å². The lowest BCUT2D eigenvalue weighted by atomic mass is 9.97. The van der Waals surface area contributed by atoms with Crippen LogP contribution in [0.4, 0.5) is 0 Å². The van der Waals surface area contributed by atoms with Crippen LogP contribution < -0.4 is 15.4 Å². The van der Waals surface area contributed by atoms with E-state index in [2.05, 4.69) is 20.6 Å². The van der Waals surface area contributed by atoms with Crippen LogP contribution >= 0.6 is 0 Å². The minimum absolute atomic E-state index is 0.0548. The first-order valence-corrected chi connectivity index (χ1v) is 8.03. The van der Waals surface area contributed by atoms with Crippen molar-refractivity contribution >= 4 is 11.8 Å². The summed E-state index contributed by atoms with van der Waals surface area (Å²) in [5.74, 6) is -0.0422. The third-order valence-corrected chi connectivity index (χ3v) is 3.45. The van der Waals surface area contributed by atoms with Gasteiger partial charge < -0.3 is 20.4 Å². The molecule has 0 fully saturated rings. The minimum atomic E-state index is -0.388. The number of imidazole rings is 1. The molecule has 1 aromatic carbocycles. The molecule has 2 rings (SSSR count). The number of H-pyrrole nitrogens is 1. The Morgan fingerprint density at radius 1 is 1.20 bits per heavy atom. The molecule has 2 amide bonds. The number of carbonyl (C=O) groups excluding carboxylic acids is 2. The van der Waals surface area contributed by atoms with Gasteiger partial charge in [-0.2, -0.15) is 0 Å². The van der Waals surface area contributed by atoms with Crippen LogP contribution in [0.15, 0.2) is 30.6 Å². The molecule has 0 atom stereocenters. The first-order chi connectivity index (χ1) is 11.8. The summed E-state index contributed by atoms with van der Waals surface area (Å²) >= 11 is 0. The Bertz CT molecular complexity index is 747. The first-order valence-electron chi connectivity index (χ1n) is 8.03. The quantitative estimate of drug-likeness (QED) is 0.748. The smallest absolute Gasteiger partial charge is 0.272 e. The van der Waals surface area contributed by atoms with E-state index >= 15 is 0 Å². The van der Waals surface area contributed by atoms with Crippen molar-refractivity contribution in [3.8, 4) is 5.75 Å². The van der Waals surface area contributed by atoms with E-state index < -0.39 is 0 Å². The maximum absolute atomic E-state index is 12.4. The van der Waals surface area contributed by atoms with E-state index in [9.17, 15) is 9.59 Å². The number of methoxy groups -OCH3 is 1. The van der Waals surface area contributed by atoms with Gasteiger partial charge in [0.1, 0.15) is 11.4 Å². The second kappa shape index (κ2) is 7.83. The lowest BCUT2D eigenvalue weighted by Crippen LogP contribution is -2.34. The average molecular weight is 344 g/mol. The van der Waals surface area contributed by atoms with Crippen molar-refractivity contribution in [1.82, 2.24) is 20.6 Å². The van der Waals surface area contributed by atoms with Gasteiger partial charge in [-0.15, -0.1) is 0 Å². The third kappa shape index (κ3) is 5.34. The predicted octanol–water partition coefficient (Wildman–Crippen LogP) is 2.12. The topological polar surface area (TPSA) is 96.1 Å². The molecule has 7 heteroatoms. The van der Waals surface area contributed by atoms with Crippen molar-refractivity contribution in [1.29, 1.82) is 0 Å². The second-order valence-corrected chi connectivity index (χ2v) is 6.90. The number of rotatable bonds is 6. The largest absolute Gasteiger partial charge is 0.497 e. The maximum atomic E-state index is 12.4. The fraction of sp³-hybridized carbons (Fsp3) is 0.389. The van der Waals surface area contributed by atoms with Gasteiger partial charge in [0.25, 0.3) is 11.8 Å². The number of nitrogens with one attached hydrogen (secondary N) is 3. The summed E-state index contributed by atoms with van der Waals surface area (Å²) in [5, 5.41) is 5.57. The molecule has 0 aliphatic heterocycles. The number of aromatic amines is 1. The van der Waals surface area contributed by atoms with E-state index in [0.717, 1.165) is 11.3 Å². The van der Waals surface area contributed by atoms with Crippen molar-refractivity contribution in [2.24, 2.45) is 5.41 Å². The molecule has 0 saturated heterocycles. The Kier molecular flexibility index (Phi) is 5.80. The summed E-state index contributed by atoms with van der Waals surface area (Å²) < 4.78 is 5.16. The SMILES string of the molecule is COc1cccc(CNC(=O)c2[nH]cnc2C(=O)NCC(C)(C)C)c1. The van der Waals surface area contributed by atoms with Gasteiger partial charge in [0.05, 0.1) is 13.4 Å². The highest BCUT2D eigenvalue weighted by molar-refractivity contribution is 6.04. The van der Waals surface area contributed by atoms with E-state index in [0.29, 0.717) is 13.1 Å². The van der Waals surface area contributed by atoms with E-state index in [1.165, 1.54) is 6.33 Å². The van der Waals surface area contributed by atoms with Gasteiger partial charge in [0.15, 0.2) is 5.69 Å². The number of amides is 2. The van der Waals surface area contributed by atoms with Crippen LogP contribution in [-0.2, 0) is 6.54 Å². The molecule has 134 valence electrons. The van der Waals surface area contributed by atoms with Gasteiger partial charge in [-0.3, -0.25) is 9.59 Å². The Morgan fingerprint density at radius 2 is 1.96 bits per heavy atom. The van der Waals surface area contributed by atoms with E-state index in [4.69, 9.17) is 4.74 Å². The molecule has 25 heavy (non-hydrogen) atoms. The predicted molar refractivity (Wildman–Crippen MR) is 94.5 cm³/mol. The van der Waals surface area contributed by atoms with E-state index in [1.807, 2.05) is 45.0 Å². The number of ether oxygens (including phenoxy) is 1. The monoisotopic (exact) mass is 344 g/mol. The second-order valence-electron chi connectivity index (χ2n) is 6.90. The van der Waals surface area contributed by atoms with Crippen LogP contribution in [0.25, 0.3) is 0 Å². The van der Waals surface area contributed by atoms with Crippen LogP contribution in [0.5, 0.6) is 5.75 Å². The molecule has 0 aliphatic carbocycles. The van der Waals surface area contributed by atoms with Crippen LogP contribution in [-0.4, -0.2) is 35.4 Å². The molecule has 0 bridgehead atoms. The van der Waals surface area contributed by atoms with Gasteiger partial charge in [-0.25, -0.2) is 4.98 Å². The van der Waals surface area contributed by atoms with Gasteiger partial charge in [-0.1, -0.05) is 32.9 Å². The zero-order chi connectivity index (χ0) is 18.4. The normalized spacial score (nSPS) is 11.0. The fourth-order valence-electron chi connectivity index (χ4n) is 2.12. The highest BCUT2D eigenvalue weighted by Gasteiger charge is 2.21. The van der Waals surface area contributed by atoms with E-state index in [-0.39, 0.29) is 28.6 Å². The standard InChI is InChI=1S/C18H24N4O3/c1-18(2,3)10-20-17(24)15-14(21-11-22-15)16(23)19-9-12-6-5-7-13(8-12)25-4/h5-8,11H,9-10H2,1-4H3,(H,19,23)(H,20,24)(H,21,22). The highest BCUT2D eigenvalue weighted by Crippen LogP contribution is 2.13. The Hall–Kier alpha value is -2.83. The summed E-state index contributed by atoms with van der Waals surface area (Å²) in [6, 6.07) is 7.40. The summed E-state index contributed by atoms with van der Waals surface area (Å²) in [4.78, 5) is 31.3. The number of hydrogen-bond donors (Lipinski definition) is 3. The number of hydrogen-bond acceptors (Lipinski definition) is 4. The van der Waals surface area contributed by atoms with Gasteiger partial charge >= 0.3 is 0 Å². The summed E-state index contributed by atoms with van der Waals surface area (Å²) in [6.45, 7) is 6.85. The van der Waals surface area contributed by atoms with Crippen LogP contribution in [0, 0.1) is 5.41 Å². The lowest BCUT2D eigenvalue weighted by Gasteiger charge is -2.18. The first kappa shape index (κ1) is 18.5. The Labute approximate surface area is 147 Å². The van der Waals surface area contributed by atoms with Gasteiger partial charge in [-0.05, 0) is 23.1 Å². The maximum Gasteiger partial charge on any atom is 0.272 e. The number of carbonyl (C=O) groups is 2. The number of nitrogens with zero attached hydrogens (tertiary/aromatic N) is 1. The Balaban J connectivity index is 2.00. The zero-order valence-corrected chi connectivity index (χ0v) is 15.0. The summed E-state index contributed by atoms with van der Waals surface area (Å²) in [6.07, 6.45) is 1.34. The van der Waals surface area contributed by atoms with Crippen LogP contribution in [0.3, 0.4) is 0 Å². The van der Waals surface area contributed by atoms with Gasteiger partial charge in [0.2, 0.25) is 0 Å². The molecule has 0 aliphatic rings. The molecule has 2 aromatic rings. The highest BCUT2D eigenvalue weighted by atomic mass is 16.5. The lowest BCUT2D eigenvalue weighted by molar-refractivity contribution is 0.0905. The number of benzene rings is 1. The average Bonchev–Trinajstić information content (AvgIpc) is 3.07. The molecule has 1 heterocycles. The zero-order valence-electron chi connectivity index (χ0n) is 15.0. The van der Waals surface area contributed by atoms with Gasteiger partial charge in [0, 0.05) is 13.1 Å². The molecule has 0 radical (unpaired) electrons. The summed E-state index contributed by atoms with van der Waals surface area (Å²) in [5.41, 5.74) is 1.08. The molecule has 1 aromatic heterocycles.